The van der Waals surface area contributed by atoms with Gasteiger partial charge in [-0.1, -0.05) is 0 Å². The molecule has 0 saturated carbocycles. The number of nitrogens with zero attached hydrogens (tertiary/aromatic N) is 1. The zero-order valence-corrected chi connectivity index (χ0v) is 12.5. The largest absolute Gasteiger partial charge is 0.381 e. The highest BCUT2D eigenvalue weighted by atomic mass is 16.5. The van der Waals surface area contributed by atoms with Gasteiger partial charge in [-0.3, -0.25) is 9.59 Å². The highest BCUT2D eigenvalue weighted by molar-refractivity contribution is 5.86. The average molecular weight is 284 g/mol. The molecule has 0 aromatic heterocycles. The number of ether oxygens (including phenoxy) is 2. The molecule has 2 aliphatic rings. The molecular formula is C14H24N2O4. The molecule has 2 saturated heterocycles. The number of fused-ring (bicyclic) bond motifs is 1. The van der Waals surface area contributed by atoms with Crippen molar-refractivity contribution in [2.24, 2.45) is 11.3 Å². The van der Waals surface area contributed by atoms with Gasteiger partial charge in [0.15, 0.2) is 0 Å². The summed E-state index contributed by atoms with van der Waals surface area (Å²) >= 11 is 0. The number of hydrogen-bond donors (Lipinski definition) is 1. The van der Waals surface area contributed by atoms with E-state index in [2.05, 4.69) is 5.32 Å². The molecule has 6 heteroatoms. The van der Waals surface area contributed by atoms with Crippen molar-refractivity contribution in [1.29, 1.82) is 0 Å². The number of hydrogen-bond acceptors (Lipinski definition) is 4. The Labute approximate surface area is 119 Å². The fraction of sp³-hybridized carbons (Fsp3) is 0.857. The van der Waals surface area contributed by atoms with E-state index in [1.165, 1.54) is 0 Å². The maximum Gasteiger partial charge on any atom is 0.248 e. The van der Waals surface area contributed by atoms with E-state index >= 15 is 0 Å². The predicted molar refractivity (Wildman–Crippen MR) is 73.1 cm³/mol. The second-order valence-electron chi connectivity index (χ2n) is 5.89. The molecule has 0 unspecified atom stereocenters. The van der Waals surface area contributed by atoms with Gasteiger partial charge in [-0.2, -0.15) is 0 Å². The lowest BCUT2D eigenvalue weighted by Gasteiger charge is -2.36. The summed E-state index contributed by atoms with van der Waals surface area (Å²) in [5.41, 5.74) is -0.486. The van der Waals surface area contributed by atoms with Gasteiger partial charge in [-0.25, -0.2) is 0 Å². The van der Waals surface area contributed by atoms with Crippen LogP contribution in [0.15, 0.2) is 0 Å². The topological polar surface area (TPSA) is 67.9 Å². The van der Waals surface area contributed by atoms with E-state index in [9.17, 15) is 9.59 Å². The molecule has 6 nitrogen and oxygen atoms in total. The summed E-state index contributed by atoms with van der Waals surface area (Å²) in [4.78, 5) is 26.2. The van der Waals surface area contributed by atoms with Crippen LogP contribution in [-0.4, -0.2) is 62.8 Å². The summed E-state index contributed by atoms with van der Waals surface area (Å²) in [6, 6.07) is 0. The monoisotopic (exact) mass is 284 g/mol. The number of amides is 2. The van der Waals surface area contributed by atoms with Gasteiger partial charge < -0.3 is 19.7 Å². The zero-order chi connectivity index (χ0) is 14.8. The standard InChI is InChI=1S/C14H24N2O4/c1-10(2)20-8-12(17)16-6-11-7-19-5-4-14(11,9-16)13(18)15-3/h10-11H,4-9H2,1-3H3,(H,15,18)/t11-,14+/m1/s1. The summed E-state index contributed by atoms with van der Waals surface area (Å²) < 4.78 is 10.8. The lowest BCUT2D eigenvalue weighted by molar-refractivity contribution is -0.140. The van der Waals surface area contributed by atoms with Crippen LogP contribution in [-0.2, 0) is 19.1 Å². The van der Waals surface area contributed by atoms with Crippen LogP contribution in [0.2, 0.25) is 0 Å². The lowest BCUT2D eigenvalue weighted by Crippen LogP contribution is -2.49. The van der Waals surface area contributed by atoms with Crippen LogP contribution < -0.4 is 5.32 Å². The van der Waals surface area contributed by atoms with Crippen molar-refractivity contribution < 1.29 is 19.1 Å². The first kappa shape index (κ1) is 15.3. The maximum absolute atomic E-state index is 12.3. The molecule has 2 rings (SSSR count). The Morgan fingerprint density at radius 3 is 2.90 bits per heavy atom. The van der Waals surface area contributed by atoms with E-state index in [1.54, 1.807) is 11.9 Å². The molecule has 2 aliphatic heterocycles. The minimum absolute atomic E-state index is 0.0193. The summed E-state index contributed by atoms with van der Waals surface area (Å²) in [5, 5.41) is 2.74. The zero-order valence-electron chi connectivity index (χ0n) is 12.5. The quantitative estimate of drug-likeness (QED) is 0.790. The second kappa shape index (κ2) is 6.10. The summed E-state index contributed by atoms with van der Waals surface area (Å²) in [6.45, 7) is 6.05. The highest BCUT2D eigenvalue weighted by Gasteiger charge is 2.54. The van der Waals surface area contributed by atoms with Crippen molar-refractivity contribution in [2.75, 3.05) is 40.0 Å². The van der Waals surface area contributed by atoms with Crippen molar-refractivity contribution in [2.45, 2.75) is 26.4 Å². The molecule has 2 fully saturated rings. The van der Waals surface area contributed by atoms with Crippen molar-refractivity contribution >= 4 is 11.8 Å². The van der Waals surface area contributed by atoms with Gasteiger partial charge in [0, 0.05) is 32.7 Å². The fourth-order valence-corrected chi connectivity index (χ4v) is 3.09. The van der Waals surface area contributed by atoms with Crippen LogP contribution >= 0.6 is 0 Å². The van der Waals surface area contributed by atoms with Gasteiger partial charge in [0.2, 0.25) is 11.8 Å². The third-order valence-corrected chi connectivity index (χ3v) is 4.28. The second-order valence-corrected chi connectivity index (χ2v) is 5.89. The summed E-state index contributed by atoms with van der Waals surface area (Å²) in [6.07, 6.45) is 0.701. The van der Waals surface area contributed by atoms with Gasteiger partial charge in [-0.05, 0) is 20.3 Å². The van der Waals surface area contributed by atoms with Crippen LogP contribution in [0.1, 0.15) is 20.3 Å². The van der Waals surface area contributed by atoms with Crippen LogP contribution in [0, 0.1) is 11.3 Å². The molecular weight excluding hydrogens is 260 g/mol. The molecule has 0 radical (unpaired) electrons. The lowest BCUT2D eigenvalue weighted by atomic mass is 9.73. The average Bonchev–Trinajstić information content (AvgIpc) is 2.84. The fourth-order valence-electron chi connectivity index (χ4n) is 3.09. The van der Waals surface area contributed by atoms with Crippen molar-refractivity contribution in [1.82, 2.24) is 10.2 Å². The van der Waals surface area contributed by atoms with E-state index in [0.717, 1.165) is 0 Å². The third kappa shape index (κ3) is 2.81. The molecule has 1 N–H and O–H groups in total. The predicted octanol–water partition coefficient (Wildman–Crippen LogP) is 0.0225. The molecule has 0 aliphatic carbocycles. The van der Waals surface area contributed by atoms with Gasteiger partial charge in [0.25, 0.3) is 0 Å². The Morgan fingerprint density at radius 2 is 2.25 bits per heavy atom. The minimum atomic E-state index is -0.486. The minimum Gasteiger partial charge on any atom is -0.381 e. The van der Waals surface area contributed by atoms with E-state index in [-0.39, 0.29) is 30.4 Å². The maximum atomic E-state index is 12.3. The molecule has 0 aromatic rings. The van der Waals surface area contributed by atoms with Crippen LogP contribution in [0.25, 0.3) is 0 Å². The third-order valence-electron chi connectivity index (χ3n) is 4.28. The van der Waals surface area contributed by atoms with Gasteiger partial charge >= 0.3 is 0 Å². The molecule has 0 bridgehead atoms. The van der Waals surface area contributed by atoms with Crippen LogP contribution in [0.3, 0.4) is 0 Å². The van der Waals surface area contributed by atoms with E-state index in [1.807, 2.05) is 13.8 Å². The Kier molecular flexibility index (Phi) is 4.65. The Balaban J connectivity index is 2.06. The van der Waals surface area contributed by atoms with Gasteiger partial charge in [0.1, 0.15) is 6.61 Å². The molecule has 0 aromatic carbocycles. The SMILES string of the molecule is CNC(=O)[C@]12CCOC[C@H]1CN(C(=O)COC(C)C)C2. The molecule has 2 heterocycles. The number of carbonyl (C=O) groups is 2. The summed E-state index contributed by atoms with van der Waals surface area (Å²) in [7, 11) is 1.65. The number of rotatable bonds is 4. The Bertz CT molecular complexity index is 385. The molecule has 20 heavy (non-hydrogen) atoms. The van der Waals surface area contributed by atoms with E-state index in [4.69, 9.17) is 9.47 Å². The first-order chi connectivity index (χ1) is 9.49. The smallest absolute Gasteiger partial charge is 0.248 e. The highest BCUT2D eigenvalue weighted by Crippen LogP contribution is 2.42. The molecule has 2 amide bonds. The molecule has 0 spiro atoms. The first-order valence-electron chi connectivity index (χ1n) is 7.19. The first-order valence-corrected chi connectivity index (χ1v) is 7.19. The van der Waals surface area contributed by atoms with Crippen LogP contribution in [0.5, 0.6) is 0 Å². The normalized spacial score (nSPS) is 29.4. The van der Waals surface area contributed by atoms with Crippen molar-refractivity contribution in [3.8, 4) is 0 Å². The van der Waals surface area contributed by atoms with Gasteiger partial charge in [0.05, 0.1) is 18.1 Å². The van der Waals surface area contributed by atoms with Crippen molar-refractivity contribution in [3.05, 3.63) is 0 Å². The Hall–Kier alpha value is -1.14. The molecule has 114 valence electrons. The number of nitrogens with one attached hydrogen (secondary N) is 1. The van der Waals surface area contributed by atoms with Crippen LogP contribution in [0.4, 0.5) is 0 Å². The van der Waals surface area contributed by atoms with Gasteiger partial charge in [-0.15, -0.1) is 0 Å². The summed E-state index contributed by atoms with van der Waals surface area (Å²) in [5.74, 6) is 0.0569. The molecule has 2 atom stereocenters. The van der Waals surface area contributed by atoms with Crippen molar-refractivity contribution in [3.63, 3.8) is 0 Å². The number of likely N-dealkylation sites (tertiary alicyclic amines) is 1. The Morgan fingerprint density at radius 1 is 1.50 bits per heavy atom. The van der Waals surface area contributed by atoms with E-state index in [0.29, 0.717) is 32.7 Å². The van der Waals surface area contributed by atoms with E-state index < -0.39 is 5.41 Å². The number of carbonyl (C=O) groups excluding carboxylic acids is 2.